The Morgan fingerprint density at radius 1 is 0.931 bits per heavy atom. The molecule has 1 atom stereocenters. The number of ether oxygens (including phenoxy) is 1. The van der Waals surface area contributed by atoms with Gasteiger partial charge in [0.25, 0.3) is 5.91 Å². The Labute approximate surface area is 348 Å². The molecule has 0 radical (unpaired) electrons. The molecule has 0 aliphatic rings. The monoisotopic (exact) mass is 815 g/mol. The average Bonchev–Trinajstić information content (AvgIpc) is 3.71. The lowest BCUT2D eigenvalue weighted by Crippen LogP contribution is -2.28. The highest BCUT2D eigenvalue weighted by atomic mass is 35.5. The van der Waals surface area contributed by atoms with Gasteiger partial charge in [-0.25, -0.2) is 9.97 Å². The van der Waals surface area contributed by atoms with Crippen LogP contribution >= 0.6 is 23.2 Å². The molecule has 0 saturated heterocycles. The summed E-state index contributed by atoms with van der Waals surface area (Å²) < 4.78 is 10.3. The minimum absolute atomic E-state index is 0.245. The molecule has 4 aromatic heterocycles. The summed E-state index contributed by atoms with van der Waals surface area (Å²) in [6.07, 6.45) is 5.51. The molecule has 7 aromatic rings. The summed E-state index contributed by atoms with van der Waals surface area (Å²) in [6.45, 7) is 13.3. The van der Waals surface area contributed by atoms with Crippen LogP contribution < -0.4 is 15.4 Å². The first kappa shape index (κ1) is 40.5. The number of primary amides is 1. The maximum Gasteiger partial charge on any atom is 0.265 e. The maximum atomic E-state index is 13.4. The van der Waals surface area contributed by atoms with Gasteiger partial charge in [0.2, 0.25) is 0 Å². The van der Waals surface area contributed by atoms with E-state index in [1.165, 1.54) is 0 Å². The predicted octanol–water partition coefficient (Wildman–Crippen LogP) is 9.97. The van der Waals surface area contributed by atoms with Crippen LogP contribution in [0.3, 0.4) is 0 Å². The van der Waals surface area contributed by atoms with Gasteiger partial charge >= 0.3 is 0 Å². The standard InChI is InChI=1S/C46H47Cl2N7O3/c1-26-17-32-21-39(46(49)57)54(23-33-11-8-9-15-50-33)44(32)38(18-26)53(7)22-29(4)55-40(24-56)35(12-10-16-58-34-19-27(2)43(48)28(3)20-34)36-13-14-37(47)42(45(36)55)41-30(5)51-25-52-31(41)6/h8-9,11,13-15,17-21,24-25,29H,10,12,16,22-23H2,1-7H3,(H2,49,57)/t29-/m1/s1. The molecule has 4 heterocycles. The number of aryl methyl sites for hydroxylation is 6. The van der Waals surface area contributed by atoms with E-state index in [0.29, 0.717) is 48.9 Å². The van der Waals surface area contributed by atoms with Crippen molar-refractivity contribution in [2.24, 2.45) is 5.73 Å². The molecule has 10 nitrogen and oxygen atoms in total. The molecule has 7 rings (SSSR count). The fraction of sp³-hybridized carbons (Fsp3) is 0.283. The molecule has 0 unspecified atom stereocenters. The Balaban J connectivity index is 1.33. The number of fused-ring (bicyclic) bond motifs is 2. The van der Waals surface area contributed by atoms with E-state index in [-0.39, 0.29) is 6.04 Å². The Hall–Kier alpha value is -5.71. The van der Waals surface area contributed by atoms with Gasteiger partial charge in [-0.2, -0.15) is 0 Å². The zero-order chi connectivity index (χ0) is 41.4. The number of pyridine rings is 1. The largest absolute Gasteiger partial charge is 0.494 e. The number of rotatable bonds is 14. The van der Waals surface area contributed by atoms with Crippen molar-refractivity contribution in [1.82, 2.24) is 24.1 Å². The molecule has 58 heavy (non-hydrogen) atoms. The first-order valence-corrected chi connectivity index (χ1v) is 20.1. The van der Waals surface area contributed by atoms with Gasteiger partial charge < -0.3 is 24.5 Å². The quantitative estimate of drug-likeness (QED) is 0.0857. The minimum atomic E-state index is -0.516. The van der Waals surface area contributed by atoms with Gasteiger partial charge in [0.15, 0.2) is 6.29 Å². The molecule has 0 aliphatic heterocycles. The second-order valence-corrected chi connectivity index (χ2v) is 16.0. The van der Waals surface area contributed by atoms with Crippen LogP contribution in [0, 0.1) is 34.6 Å². The molecule has 3 aromatic carbocycles. The topological polar surface area (TPSA) is 121 Å². The van der Waals surface area contributed by atoms with Crippen molar-refractivity contribution in [3.63, 3.8) is 0 Å². The normalized spacial score (nSPS) is 12.0. The van der Waals surface area contributed by atoms with Crippen LogP contribution in [0.15, 0.2) is 73.2 Å². The van der Waals surface area contributed by atoms with Crippen LogP contribution in [0.2, 0.25) is 10.0 Å². The summed E-state index contributed by atoms with van der Waals surface area (Å²) in [5, 5.41) is 3.11. The van der Waals surface area contributed by atoms with Crippen molar-refractivity contribution >= 4 is 62.9 Å². The van der Waals surface area contributed by atoms with E-state index in [1.807, 2.05) is 94.8 Å². The Morgan fingerprint density at radius 2 is 1.66 bits per heavy atom. The van der Waals surface area contributed by atoms with Gasteiger partial charge in [-0.15, -0.1) is 0 Å². The number of hydrogen-bond acceptors (Lipinski definition) is 7. The van der Waals surface area contributed by atoms with Gasteiger partial charge in [0.05, 0.1) is 46.3 Å². The number of likely N-dealkylation sites (N-methyl/N-ethyl adjacent to an activating group) is 1. The zero-order valence-electron chi connectivity index (χ0n) is 33.9. The van der Waals surface area contributed by atoms with E-state index in [0.717, 1.165) is 95.0 Å². The Bertz CT molecular complexity index is 2660. The second kappa shape index (κ2) is 16.6. The minimum Gasteiger partial charge on any atom is -0.494 e. The number of carbonyl (C=O) groups excluding carboxylic acids is 2. The van der Waals surface area contributed by atoms with Gasteiger partial charge in [0, 0.05) is 64.1 Å². The molecule has 0 fully saturated rings. The van der Waals surface area contributed by atoms with Crippen molar-refractivity contribution < 1.29 is 14.3 Å². The smallest absolute Gasteiger partial charge is 0.265 e. The van der Waals surface area contributed by atoms with E-state index in [9.17, 15) is 9.59 Å². The van der Waals surface area contributed by atoms with Crippen molar-refractivity contribution in [1.29, 1.82) is 0 Å². The number of nitrogens with zero attached hydrogens (tertiary/aromatic N) is 6. The first-order valence-electron chi connectivity index (χ1n) is 19.3. The van der Waals surface area contributed by atoms with E-state index >= 15 is 0 Å². The highest BCUT2D eigenvalue weighted by molar-refractivity contribution is 6.35. The highest BCUT2D eigenvalue weighted by Crippen LogP contribution is 2.43. The van der Waals surface area contributed by atoms with Crippen molar-refractivity contribution in [2.45, 2.75) is 67.0 Å². The third kappa shape index (κ3) is 7.66. The van der Waals surface area contributed by atoms with Gasteiger partial charge in [-0.1, -0.05) is 35.3 Å². The number of aromatic nitrogens is 5. The molecule has 2 N–H and O–H groups in total. The number of hydrogen-bond donors (Lipinski definition) is 1. The lowest BCUT2D eigenvalue weighted by molar-refractivity contribution is 0.0992. The molecule has 12 heteroatoms. The van der Waals surface area contributed by atoms with E-state index in [2.05, 4.69) is 43.5 Å². The van der Waals surface area contributed by atoms with Crippen LogP contribution in [-0.4, -0.2) is 56.5 Å². The number of anilines is 1. The maximum absolute atomic E-state index is 13.4. The molecular weight excluding hydrogens is 769 g/mol. The number of aldehydes is 1. The lowest BCUT2D eigenvalue weighted by Gasteiger charge is -2.28. The summed E-state index contributed by atoms with van der Waals surface area (Å²) >= 11 is 13.6. The van der Waals surface area contributed by atoms with Crippen LogP contribution in [0.5, 0.6) is 5.75 Å². The van der Waals surface area contributed by atoms with Gasteiger partial charge in [0.1, 0.15) is 17.8 Å². The number of benzene rings is 3. The summed E-state index contributed by atoms with van der Waals surface area (Å²) in [5.41, 5.74) is 17.5. The SMILES string of the molecule is Cc1cc(N(C)C[C@@H](C)n2c(C=O)c(CCCOc3cc(C)c(Cl)c(C)c3)c3ccc(Cl)c(-c4c(C)ncnc4C)c32)c2c(c1)cc(C(N)=O)n2Cc1ccccn1. The number of amides is 1. The van der Waals surface area contributed by atoms with Gasteiger partial charge in [-0.3, -0.25) is 14.6 Å². The number of halogens is 2. The summed E-state index contributed by atoms with van der Waals surface area (Å²) in [5.74, 6) is 0.245. The lowest BCUT2D eigenvalue weighted by atomic mass is 9.97. The molecule has 0 saturated carbocycles. The summed E-state index contributed by atoms with van der Waals surface area (Å²) in [6, 6.07) is 19.3. The van der Waals surface area contributed by atoms with E-state index < -0.39 is 5.91 Å². The molecule has 0 aliphatic carbocycles. The average molecular weight is 817 g/mol. The van der Waals surface area contributed by atoms with Crippen molar-refractivity contribution in [2.75, 3.05) is 25.1 Å². The Kier molecular flexibility index (Phi) is 11.6. The molecule has 1 amide bonds. The van der Waals surface area contributed by atoms with Crippen molar-refractivity contribution in [3.8, 4) is 16.9 Å². The molecule has 0 spiro atoms. The third-order valence-electron chi connectivity index (χ3n) is 10.9. The first-order chi connectivity index (χ1) is 27.8. The third-order valence-corrected chi connectivity index (χ3v) is 11.8. The molecular formula is C46H47Cl2N7O3. The van der Waals surface area contributed by atoms with Crippen LogP contribution in [-0.2, 0) is 13.0 Å². The highest BCUT2D eigenvalue weighted by Gasteiger charge is 2.28. The van der Waals surface area contributed by atoms with Crippen molar-refractivity contribution in [3.05, 3.63) is 134 Å². The second-order valence-electron chi connectivity index (χ2n) is 15.2. The molecule has 0 bridgehead atoms. The van der Waals surface area contributed by atoms with E-state index in [1.54, 1.807) is 12.5 Å². The van der Waals surface area contributed by atoms with E-state index in [4.69, 9.17) is 33.7 Å². The van der Waals surface area contributed by atoms with Crippen LogP contribution in [0.1, 0.15) is 79.7 Å². The predicted molar refractivity (Wildman–Crippen MR) is 234 cm³/mol. The number of nitrogens with two attached hydrogens (primary N) is 1. The fourth-order valence-corrected chi connectivity index (χ4v) is 8.72. The summed E-state index contributed by atoms with van der Waals surface area (Å²) in [7, 11) is 2.03. The molecule has 298 valence electrons. The van der Waals surface area contributed by atoms with Crippen LogP contribution in [0.4, 0.5) is 5.69 Å². The Morgan fingerprint density at radius 3 is 2.31 bits per heavy atom. The van der Waals surface area contributed by atoms with Gasteiger partial charge in [-0.05, 0) is 125 Å². The summed E-state index contributed by atoms with van der Waals surface area (Å²) in [4.78, 5) is 42.1. The number of carbonyl (C=O) groups is 2. The van der Waals surface area contributed by atoms with Crippen LogP contribution in [0.25, 0.3) is 32.9 Å². The fourth-order valence-electron chi connectivity index (χ4n) is 8.36. The zero-order valence-corrected chi connectivity index (χ0v) is 35.4.